The number of carbonyl (C=O) groups is 3. The first-order chi connectivity index (χ1) is 20.6. The maximum absolute atomic E-state index is 13.7. The van der Waals surface area contributed by atoms with Gasteiger partial charge in [0, 0.05) is 29.9 Å². The Hall–Kier alpha value is -4.59. The van der Waals surface area contributed by atoms with E-state index in [1.165, 1.54) is 10.7 Å². The van der Waals surface area contributed by atoms with Crippen LogP contribution in [0.25, 0.3) is 16.6 Å². The molecule has 0 spiro atoms. The number of ether oxygens (including phenoxy) is 3. The summed E-state index contributed by atoms with van der Waals surface area (Å²) in [6.07, 6.45) is 3.91. The van der Waals surface area contributed by atoms with Crippen LogP contribution in [-0.4, -0.2) is 67.2 Å². The van der Waals surface area contributed by atoms with Crippen LogP contribution in [0.15, 0.2) is 30.7 Å². The number of alkyl carbamates (subject to hydrolysis) is 1. The summed E-state index contributed by atoms with van der Waals surface area (Å²) in [7, 11) is 0. The van der Waals surface area contributed by atoms with Crippen molar-refractivity contribution in [2.75, 3.05) is 18.5 Å². The molecule has 15 heteroatoms. The normalized spacial score (nSPS) is 12.5. The van der Waals surface area contributed by atoms with Crippen molar-refractivity contribution in [1.29, 1.82) is 0 Å². The van der Waals surface area contributed by atoms with Crippen molar-refractivity contribution in [2.24, 2.45) is 0 Å². The van der Waals surface area contributed by atoms with E-state index < -0.39 is 35.3 Å². The number of fused-ring (bicyclic) bond motifs is 2. The van der Waals surface area contributed by atoms with Crippen molar-refractivity contribution in [3.63, 3.8) is 0 Å². The van der Waals surface area contributed by atoms with Gasteiger partial charge >= 0.3 is 12.2 Å². The molecule has 0 saturated carbocycles. The van der Waals surface area contributed by atoms with E-state index in [4.69, 9.17) is 25.8 Å². The van der Waals surface area contributed by atoms with Gasteiger partial charge in [0.25, 0.3) is 5.91 Å². The van der Waals surface area contributed by atoms with Gasteiger partial charge in [-0.25, -0.2) is 19.1 Å². The predicted molar refractivity (Wildman–Crippen MR) is 164 cm³/mol. The number of nitrogens with one attached hydrogen (secondary N) is 4. The summed E-state index contributed by atoms with van der Waals surface area (Å²) in [6.45, 7) is 12.9. The van der Waals surface area contributed by atoms with E-state index in [9.17, 15) is 14.4 Å². The van der Waals surface area contributed by atoms with Crippen molar-refractivity contribution in [3.8, 4) is 5.75 Å². The molecule has 4 aromatic rings. The Kier molecular flexibility index (Phi) is 9.52. The van der Waals surface area contributed by atoms with Crippen molar-refractivity contribution in [3.05, 3.63) is 46.9 Å². The Morgan fingerprint density at radius 3 is 2.50 bits per heavy atom. The molecule has 1 atom stereocenters. The molecule has 0 aliphatic rings. The number of benzene rings is 1. The summed E-state index contributed by atoms with van der Waals surface area (Å²) in [5.41, 5.74) is 0.0555. The minimum Gasteiger partial charge on any atom is -0.491 e. The largest absolute Gasteiger partial charge is 0.491 e. The zero-order valence-electron chi connectivity index (χ0n) is 25.7. The number of aromatic amines is 1. The highest BCUT2D eigenvalue weighted by Gasteiger charge is 2.27. The molecular formula is C29H37ClN8O6. The third-order valence-electron chi connectivity index (χ3n) is 5.96. The van der Waals surface area contributed by atoms with Gasteiger partial charge in [-0.3, -0.25) is 15.2 Å². The second-order valence-electron chi connectivity index (χ2n) is 12.0. The first-order valence-corrected chi connectivity index (χ1v) is 14.4. The molecule has 3 heterocycles. The lowest BCUT2D eigenvalue weighted by Gasteiger charge is -2.21. The molecule has 4 rings (SSSR count). The first-order valence-electron chi connectivity index (χ1n) is 14.0. The smallest absolute Gasteiger partial charge is 0.413 e. The van der Waals surface area contributed by atoms with Crippen molar-refractivity contribution in [1.82, 2.24) is 35.4 Å². The molecule has 44 heavy (non-hydrogen) atoms. The molecule has 3 amide bonds. The van der Waals surface area contributed by atoms with E-state index in [1.54, 1.807) is 73.0 Å². The first kappa shape index (κ1) is 32.3. The summed E-state index contributed by atoms with van der Waals surface area (Å²) in [5.74, 6) is -0.124. The van der Waals surface area contributed by atoms with Crippen LogP contribution >= 0.6 is 11.6 Å². The van der Waals surface area contributed by atoms with Crippen LogP contribution in [0.2, 0.25) is 5.02 Å². The molecule has 236 valence electrons. The summed E-state index contributed by atoms with van der Waals surface area (Å²) in [4.78, 5) is 42.5. The van der Waals surface area contributed by atoms with E-state index >= 15 is 0 Å². The van der Waals surface area contributed by atoms with Crippen LogP contribution in [-0.2, 0) is 9.47 Å². The number of H-pyrrole nitrogens is 1. The molecule has 14 nitrogen and oxygen atoms in total. The molecule has 0 saturated heterocycles. The fourth-order valence-electron chi connectivity index (χ4n) is 4.22. The molecule has 3 aromatic heterocycles. The molecule has 1 unspecified atom stereocenters. The minimum absolute atomic E-state index is 0.0151. The fourth-order valence-corrected chi connectivity index (χ4v) is 4.48. The van der Waals surface area contributed by atoms with E-state index in [0.717, 1.165) is 0 Å². The number of aromatic nitrogens is 5. The lowest BCUT2D eigenvalue weighted by Crippen LogP contribution is -2.33. The van der Waals surface area contributed by atoms with Crippen molar-refractivity contribution in [2.45, 2.75) is 72.1 Å². The second-order valence-corrected chi connectivity index (χ2v) is 12.4. The van der Waals surface area contributed by atoms with Gasteiger partial charge < -0.3 is 24.8 Å². The van der Waals surface area contributed by atoms with Crippen LogP contribution in [0.1, 0.15) is 76.9 Å². The zero-order chi connectivity index (χ0) is 32.2. The molecule has 0 fully saturated rings. The van der Waals surface area contributed by atoms with Gasteiger partial charge in [-0.2, -0.15) is 5.10 Å². The molecule has 0 aliphatic carbocycles. The maximum atomic E-state index is 13.7. The number of hydrogen-bond acceptors (Lipinski definition) is 9. The molecule has 1 aromatic carbocycles. The number of hydrogen-bond donors (Lipinski definition) is 4. The molecule has 0 radical (unpaired) electrons. The topological polar surface area (TPSA) is 174 Å². The van der Waals surface area contributed by atoms with Gasteiger partial charge in [0.05, 0.1) is 23.9 Å². The highest BCUT2D eigenvalue weighted by Crippen LogP contribution is 2.37. The third kappa shape index (κ3) is 8.07. The lowest BCUT2D eigenvalue weighted by molar-refractivity contribution is 0.0524. The van der Waals surface area contributed by atoms with Crippen LogP contribution < -0.4 is 20.7 Å². The number of anilines is 1. The molecule has 4 N–H and O–H groups in total. The Morgan fingerprint density at radius 2 is 1.80 bits per heavy atom. The van der Waals surface area contributed by atoms with Gasteiger partial charge in [0.1, 0.15) is 28.0 Å². The Morgan fingerprint density at radius 1 is 1.09 bits per heavy atom. The number of amides is 3. The van der Waals surface area contributed by atoms with Crippen molar-refractivity contribution >= 4 is 52.1 Å². The second kappa shape index (κ2) is 13.0. The highest BCUT2D eigenvalue weighted by molar-refractivity contribution is 6.35. The monoisotopic (exact) mass is 628 g/mol. The SMILES string of the molecule is CC(NC(=O)c1c(NC(=O)OC(C)(C)C)nn2cccnc12)c1cc(Cl)c2cn[nH]c2c1OCCCNC(=O)OC(C)(C)C. The molecular weight excluding hydrogens is 592 g/mol. The van der Waals surface area contributed by atoms with Gasteiger partial charge in [0.2, 0.25) is 0 Å². The van der Waals surface area contributed by atoms with Crippen LogP contribution in [0.4, 0.5) is 15.4 Å². The Bertz CT molecular complexity index is 1670. The van der Waals surface area contributed by atoms with E-state index in [1.807, 2.05) is 0 Å². The fraction of sp³-hybridized carbons (Fsp3) is 0.448. The lowest BCUT2D eigenvalue weighted by atomic mass is 10.0. The number of carbonyl (C=O) groups excluding carboxylic acids is 3. The highest BCUT2D eigenvalue weighted by atomic mass is 35.5. The molecule has 0 aliphatic heterocycles. The van der Waals surface area contributed by atoms with E-state index in [-0.39, 0.29) is 23.6 Å². The zero-order valence-corrected chi connectivity index (χ0v) is 26.5. The maximum Gasteiger partial charge on any atom is 0.413 e. The summed E-state index contributed by atoms with van der Waals surface area (Å²) in [6, 6.07) is 2.72. The van der Waals surface area contributed by atoms with Crippen LogP contribution in [0.5, 0.6) is 5.75 Å². The van der Waals surface area contributed by atoms with Gasteiger partial charge in [-0.15, -0.1) is 5.10 Å². The summed E-state index contributed by atoms with van der Waals surface area (Å²) < 4.78 is 18.2. The third-order valence-corrected chi connectivity index (χ3v) is 6.27. The number of nitrogens with zero attached hydrogens (tertiary/aromatic N) is 4. The minimum atomic E-state index is -0.767. The average Bonchev–Trinajstić information content (AvgIpc) is 3.52. The summed E-state index contributed by atoms with van der Waals surface area (Å²) in [5, 5.41) is 20.6. The molecule has 0 bridgehead atoms. The number of rotatable bonds is 9. The van der Waals surface area contributed by atoms with E-state index in [2.05, 4.69) is 36.2 Å². The van der Waals surface area contributed by atoms with E-state index in [0.29, 0.717) is 40.2 Å². The van der Waals surface area contributed by atoms with Crippen LogP contribution in [0.3, 0.4) is 0 Å². The number of halogens is 1. The standard InChI is InChI=1S/C29H37ClN8O6/c1-16(34-25(39)20-23(35-27(41)44-29(5,6)7)37-38-12-8-10-31-24(20)38)17-14-19(30)18-15-33-36-21(18)22(17)42-13-9-11-32-26(40)43-28(2,3)4/h8,10,12,14-16H,9,11,13H2,1-7H3,(H,32,40)(H,33,36)(H,34,39)(H,35,37,41). The van der Waals surface area contributed by atoms with Gasteiger partial charge in [-0.05, 0) is 67.0 Å². The van der Waals surface area contributed by atoms with Crippen molar-refractivity contribution < 1.29 is 28.6 Å². The van der Waals surface area contributed by atoms with Gasteiger partial charge in [0.15, 0.2) is 11.5 Å². The van der Waals surface area contributed by atoms with Crippen LogP contribution in [0, 0.1) is 0 Å². The van der Waals surface area contributed by atoms with Gasteiger partial charge in [-0.1, -0.05) is 11.6 Å². The Balaban J connectivity index is 1.54. The quantitative estimate of drug-likeness (QED) is 0.177. The predicted octanol–water partition coefficient (Wildman–Crippen LogP) is 5.39. The summed E-state index contributed by atoms with van der Waals surface area (Å²) >= 11 is 6.57. The Labute approximate surface area is 259 Å². The average molecular weight is 629 g/mol.